The van der Waals surface area contributed by atoms with Gasteiger partial charge >= 0.3 is 0 Å². The predicted octanol–water partition coefficient (Wildman–Crippen LogP) is 4.38. The van der Waals surface area contributed by atoms with Crippen LogP contribution in [0, 0.1) is 5.82 Å². The van der Waals surface area contributed by atoms with Crippen molar-refractivity contribution < 1.29 is 4.39 Å². The van der Waals surface area contributed by atoms with E-state index in [1.165, 1.54) is 6.07 Å². The van der Waals surface area contributed by atoms with Crippen LogP contribution in [0.15, 0.2) is 59.2 Å². The zero-order valence-corrected chi connectivity index (χ0v) is 12.8. The fraction of sp³-hybridized carbons (Fsp3) is 0.118. The number of halogens is 2. The van der Waals surface area contributed by atoms with Gasteiger partial charge in [-0.2, -0.15) is 0 Å². The molecule has 0 radical (unpaired) electrons. The van der Waals surface area contributed by atoms with Crippen LogP contribution >= 0.6 is 15.9 Å². The Bertz CT molecular complexity index is 783. The monoisotopic (exact) mass is 344 g/mol. The lowest BCUT2D eigenvalue weighted by Gasteiger charge is -2.15. The third-order valence-corrected chi connectivity index (χ3v) is 4.03. The molecular weight excluding hydrogens is 331 g/mol. The molecule has 21 heavy (non-hydrogen) atoms. The van der Waals surface area contributed by atoms with Gasteiger partial charge in [-0.15, -0.1) is 0 Å². The van der Waals surface area contributed by atoms with Crippen LogP contribution in [0.5, 0.6) is 0 Å². The van der Waals surface area contributed by atoms with E-state index in [4.69, 9.17) is 5.73 Å². The molecule has 0 bridgehead atoms. The summed E-state index contributed by atoms with van der Waals surface area (Å²) in [6.07, 6.45) is 2.33. The van der Waals surface area contributed by atoms with Crippen LogP contribution in [0.4, 0.5) is 4.39 Å². The molecular formula is C17H14BrFN2. The number of nitrogens with zero attached hydrogens (tertiary/aromatic N) is 1. The fourth-order valence-electron chi connectivity index (χ4n) is 2.48. The number of hydrogen-bond donors (Lipinski definition) is 1. The molecule has 3 aromatic rings. The molecule has 2 N–H and O–H groups in total. The molecule has 4 heteroatoms. The first kappa shape index (κ1) is 14.2. The average molecular weight is 345 g/mol. The standard InChI is InChI=1S/C17H14BrFN2/c18-12-5-6-15(19)14(10-12)16(20)9-11-7-8-21-17-4-2-1-3-13(11)17/h1-8,10,16H,9,20H2. The smallest absolute Gasteiger partial charge is 0.128 e. The number of para-hydroxylation sites is 1. The van der Waals surface area contributed by atoms with E-state index in [9.17, 15) is 4.39 Å². The number of nitrogens with two attached hydrogens (primary N) is 1. The third-order valence-electron chi connectivity index (χ3n) is 3.54. The highest BCUT2D eigenvalue weighted by Gasteiger charge is 2.14. The molecule has 2 nitrogen and oxygen atoms in total. The highest BCUT2D eigenvalue weighted by Crippen LogP contribution is 2.25. The van der Waals surface area contributed by atoms with Gasteiger partial charge in [0.05, 0.1) is 5.52 Å². The molecule has 0 spiro atoms. The molecule has 0 saturated heterocycles. The maximum atomic E-state index is 13.9. The lowest BCUT2D eigenvalue weighted by atomic mass is 9.97. The number of aromatic nitrogens is 1. The number of rotatable bonds is 3. The molecule has 106 valence electrons. The van der Waals surface area contributed by atoms with Crippen LogP contribution in [0.2, 0.25) is 0 Å². The number of fused-ring (bicyclic) bond motifs is 1. The molecule has 1 heterocycles. The van der Waals surface area contributed by atoms with Crippen molar-refractivity contribution in [3.63, 3.8) is 0 Å². The zero-order valence-electron chi connectivity index (χ0n) is 11.3. The summed E-state index contributed by atoms with van der Waals surface area (Å²) in [5, 5.41) is 1.06. The minimum atomic E-state index is -0.395. The van der Waals surface area contributed by atoms with Crippen molar-refractivity contribution >= 4 is 26.8 Å². The van der Waals surface area contributed by atoms with E-state index in [1.807, 2.05) is 30.3 Å². The van der Waals surface area contributed by atoms with E-state index < -0.39 is 6.04 Å². The molecule has 3 rings (SSSR count). The van der Waals surface area contributed by atoms with Gasteiger partial charge in [0.1, 0.15) is 5.82 Å². The Balaban J connectivity index is 1.96. The minimum Gasteiger partial charge on any atom is -0.324 e. The average Bonchev–Trinajstić information content (AvgIpc) is 2.50. The summed E-state index contributed by atoms with van der Waals surface area (Å²) in [4.78, 5) is 4.33. The molecule has 1 aromatic heterocycles. The topological polar surface area (TPSA) is 38.9 Å². The van der Waals surface area contributed by atoms with E-state index >= 15 is 0 Å². The summed E-state index contributed by atoms with van der Waals surface area (Å²) in [5.41, 5.74) is 8.73. The molecule has 0 aliphatic carbocycles. The number of pyridine rings is 1. The van der Waals surface area contributed by atoms with Crippen molar-refractivity contribution in [2.24, 2.45) is 5.73 Å². The van der Waals surface area contributed by atoms with Gasteiger partial charge in [-0.1, -0.05) is 34.1 Å². The molecule has 0 saturated carbocycles. The van der Waals surface area contributed by atoms with Gasteiger partial charge in [-0.3, -0.25) is 4.98 Å². The van der Waals surface area contributed by atoms with Gasteiger partial charge in [0, 0.05) is 27.7 Å². The van der Waals surface area contributed by atoms with Crippen molar-refractivity contribution in [3.05, 3.63) is 76.1 Å². The Hall–Kier alpha value is -1.78. The van der Waals surface area contributed by atoms with Crippen LogP contribution in [-0.4, -0.2) is 4.98 Å². The highest BCUT2D eigenvalue weighted by molar-refractivity contribution is 9.10. The second kappa shape index (κ2) is 5.92. The largest absolute Gasteiger partial charge is 0.324 e. The lowest BCUT2D eigenvalue weighted by Crippen LogP contribution is -2.15. The van der Waals surface area contributed by atoms with Crippen molar-refractivity contribution in [2.45, 2.75) is 12.5 Å². The summed E-state index contributed by atoms with van der Waals surface area (Å²) in [7, 11) is 0. The van der Waals surface area contributed by atoms with E-state index in [-0.39, 0.29) is 5.82 Å². The highest BCUT2D eigenvalue weighted by atomic mass is 79.9. The van der Waals surface area contributed by atoms with Crippen LogP contribution < -0.4 is 5.73 Å². The first-order valence-corrected chi connectivity index (χ1v) is 7.47. The fourth-order valence-corrected chi connectivity index (χ4v) is 2.86. The van der Waals surface area contributed by atoms with Gasteiger partial charge in [0.2, 0.25) is 0 Å². The summed E-state index contributed by atoms with van der Waals surface area (Å²) in [6, 6.07) is 14.3. The minimum absolute atomic E-state index is 0.274. The van der Waals surface area contributed by atoms with Crippen LogP contribution in [0.3, 0.4) is 0 Å². The van der Waals surface area contributed by atoms with Gasteiger partial charge in [-0.25, -0.2) is 4.39 Å². The summed E-state index contributed by atoms with van der Waals surface area (Å²) >= 11 is 3.36. The molecule has 1 unspecified atom stereocenters. The lowest BCUT2D eigenvalue weighted by molar-refractivity contribution is 0.580. The SMILES string of the molecule is NC(Cc1ccnc2ccccc12)c1cc(Br)ccc1F. The zero-order chi connectivity index (χ0) is 14.8. The maximum absolute atomic E-state index is 13.9. The van der Waals surface area contributed by atoms with Crippen LogP contribution in [0.25, 0.3) is 10.9 Å². The van der Waals surface area contributed by atoms with Gasteiger partial charge in [0.15, 0.2) is 0 Å². The normalized spacial score (nSPS) is 12.5. The Labute approximate surface area is 130 Å². The van der Waals surface area contributed by atoms with Gasteiger partial charge in [0.25, 0.3) is 0 Å². The molecule has 0 aliphatic rings. The van der Waals surface area contributed by atoms with Crippen molar-refractivity contribution in [2.75, 3.05) is 0 Å². The molecule has 1 atom stereocenters. The maximum Gasteiger partial charge on any atom is 0.128 e. The second-order valence-corrected chi connectivity index (χ2v) is 5.88. The first-order chi connectivity index (χ1) is 10.1. The predicted molar refractivity (Wildman–Crippen MR) is 86.5 cm³/mol. The van der Waals surface area contributed by atoms with Crippen LogP contribution in [0.1, 0.15) is 17.2 Å². The van der Waals surface area contributed by atoms with Crippen molar-refractivity contribution in [1.29, 1.82) is 0 Å². The quantitative estimate of drug-likeness (QED) is 0.765. The summed E-state index contributed by atoms with van der Waals surface area (Å²) < 4.78 is 14.8. The number of hydrogen-bond acceptors (Lipinski definition) is 2. The van der Waals surface area contributed by atoms with Gasteiger partial charge < -0.3 is 5.73 Å². The van der Waals surface area contributed by atoms with E-state index in [0.29, 0.717) is 12.0 Å². The second-order valence-electron chi connectivity index (χ2n) is 4.96. The Morgan fingerprint density at radius 1 is 1.14 bits per heavy atom. The Kier molecular flexibility index (Phi) is 3.99. The Morgan fingerprint density at radius 2 is 1.95 bits per heavy atom. The Morgan fingerprint density at radius 3 is 2.81 bits per heavy atom. The molecule has 2 aromatic carbocycles. The van der Waals surface area contributed by atoms with E-state index in [2.05, 4.69) is 20.9 Å². The molecule has 0 fully saturated rings. The summed E-state index contributed by atoms with van der Waals surface area (Å²) in [6.45, 7) is 0. The summed E-state index contributed by atoms with van der Waals surface area (Å²) in [5.74, 6) is -0.274. The van der Waals surface area contributed by atoms with Crippen molar-refractivity contribution in [3.8, 4) is 0 Å². The van der Waals surface area contributed by atoms with Gasteiger partial charge in [-0.05, 0) is 42.3 Å². The van der Waals surface area contributed by atoms with E-state index in [1.54, 1.807) is 18.3 Å². The first-order valence-electron chi connectivity index (χ1n) is 6.68. The van der Waals surface area contributed by atoms with E-state index in [0.717, 1.165) is 20.9 Å². The molecule has 0 aliphatic heterocycles. The molecule has 0 amide bonds. The number of benzene rings is 2. The van der Waals surface area contributed by atoms with Crippen LogP contribution in [-0.2, 0) is 6.42 Å². The van der Waals surface area contributed by atoms with Crippen molar-refractivity contribution in [1.82, 2.24) is 4.98 Å². The third kappa shape index (κ3) is 2.96.